The molecule has 0 spiro atoms. The van der Waals surface area contributed by atoms with Gasteiger partial charge in [-0.2, -0.15) is 5.10 Å². The largest absolute Gasteiger partial charge is 0.332 e. The quantitative estimate of drug-likeness (QED) is 0.859. The van der Waals surface area contributed by atoms with Crippen molar-refractivity contribution in [2.45, 2.75) is 25.9 Å². The molecule has 1 heterocycles. The summed E-state index contributed by atoms with van der Waals surface area (Å²) < 4.78 is 0. The van der Waals surface area contributed by atoms with Crippen molar-refractivity contribution in [1.82, 2.24) is 20.4 Å². The number of amides is 2. The molecular formula is C17H23N5O. The van der Waals surface area contributed by atoms with E-state index in [1.807, 2.05) is 39.1 Å². The van der Waals surface area contributed by atoms with Crippen LogP contribution < -0.4 is 10.6 Å². The summed E-state index contributed by atoms with van der Waals surface area (Å²) in [6.07, 6.45) is 1.56. The number of aromatic nitrogens is 2. The van der Waals surface area contributed by atoms with Gasteiger partial charge in [-0.3, -0.25) is 10.2 Å². The SMILES string of the molecule is CN(Cc1ccccc1)CC(C)(C)NC(=O)Nc1cccnn1. The van der Waals surface area contributed by atoms with Crippen molar-refractivity contribution >= 4 is 11.8 Å². The number of carbonyl (C=O) groups is 1. The van der Waals surface area contributed by atoms with Crippen molar-refractivity contribution < 1.29 is 4.79 Å². The molecule has 23 heavy (non-hydrogen) atoms. The third-order valence-electron chi connectivity index (χ3n) is 3.23. The predicted molar refractivity (Wildman–Crippen MR) is 91.0 cm³/mol. The zero-order valence-corrected chi connectivity index (χ0v) is 13.8. The van der Waals surface area contributed by atoms with Crippen LogP contribution in [0, 0.1) is 0 Å². The number of urea groups is 1. The van der Waals surface area contributed by atoms with Crippen molar-refractivity contribution in [3.8, 4) is 0 Å². The van der Waals surface area contributed by atoms with Crippen LogP contribution in [0.4, 0.5) is 10.6 Å². The normalized spacial score (nSPS) is 11.3. The molecule has 0 aliphatic rings. The summed E-state index contributed by atoms with van der Waals surface area (Å²) in [6, 6.07) is 13.4. The molecule has 0 aliphatic heterocycles. The fourth-order valence-electron chi connectivity index (χ4n) is 2.49. The summed E-state index contributed by atoms with van der Waals surface area (Å²) in [5.74, 6) is 0.429. The van der Waals surface area contributed by atoms with Crippen LogP contribution in [-0.4, -0.2) is 40.3 Å². The Morgan fingerprint density at radius 3 is 2.57 bits per heavy atom. The van der Waals surface area contributed by atoms with Crippen LogP contribution in [0.5, 0.6) is 0 Å². The van der Waals surface area contributed by atoms with Crippen LogP contribution in [0.3, 0.4) is 0 Å². The summed E-state index contributed by atoms with van der Waals surface area (Å²) in [6.45, 7) is 5.53. The van der Waals surface area contributed by atoms with E-state index < -0.39 is 0 Å². The van der Waals surface area contributed by atoms with Gasteiger partial charge in [0.2, 0.25) is 0 Å². The van der Waals surface area contributed by atoms with Crippen molar-refractivity contribution in [3.63, 3.8) is 0 Å². The fraction of sp³-hybridized carbons (Fsp3) is 0.353. The van der Waals surface area contributed by atoms with Gasteiger partial charge in [0.05, 0.1) is 0 Å². The highest BCUT2D eigenvalue weighted by atomic mass is 16.2. The maximum atomic E-state index is 12.1. The van der Waals surface area contributed by atoms with E-state index in [0.29, 0.717) is 5.82 Å². The molecule has 0 unspecified atom stereocenters. The Bertz CT molecular complexity index is 615. The molecular weight excluding hydrogens is 290 g/mol. The van der Waals surface area contributed by atoms with Gasteiger partial charge in [0.15, 0.2) is 5.82 Å². The van der Waals surface area contributed by atoms with E-state index in [0.717, 1.165) is 13.1 Å². The Morgan fingerprint density at radius 1 is 1.17 bits per heavy atom. The van der Waals surface area contributed by atoms with E-state index in [1.165, 1.54) is 5.56 Å². The number of carbonyl (C=O) groups excluding carboxylic acids is 1. The summed E-state index contributed by atoms with van der Waals surface area (Å²) in [4.78, 5) is 14.2. The minimum atomic E-state index is -0.379. The first-order chi connectivity index (χ1) is 10.9. The fourth-order valence-corrected chi connectivity index (χ4v) is 2.49. The van der Waals surface area contributed by atoms with Gasteiger partial charge in [-0.05, 0) is 38.6 Å². The monoisotopic (exact) mass is 313 g/mol. The van der Waals surface area contributed by atoms with Crippen molar-refractivity contribution in [1.29, 1.82) is 0 Å². The number of hydrogen-bond donors (Lipinski definition) is 2. The zero-order valence-electron chi connectivity index (χ0n) is 13.8. The number of nitrogens with zero attached hydrogens (tertiary/aromatic N) is 3. The number of benzene rings is 1. The molecule has 1 aromatic heterocycles. The van der Waals surface area contributed by atoms with E-state index in [-0.39, 0.29) is 11.6 Å². The first-order valence-electron chi connectivity index (χ1n) is 7.54. The molecule has 6 heteroatoms. The second-order valence-electron chi connectivity index (χ2n) is 6.23. The molecule has 0 radical (unpaired) electrons. The van der Waals surface area contributed by atoms with Gasteiger partial charge in [-0.15, -0.1) is 5.10 Å². The number of likely N-dealkylation sites (N-methyl/N-ethyl adjacent to an activating group) is 1. The molecule has 2 amide bonds. The Kier molecular flexibility index (Phi) is 5.65. The van der Waals surface area contributed by atoms with E-state index in [1.54, 1.807) is 18.3 Å². The van der Waals surface area contributed by atoms with E-state index in [2.05, 4.69) is 37.9 Å². The molecule has 0 saturated carbocycles. The van der Waals surface area contributed by atoms with Crippen LogP contribution >= 0.6 is 0 Å². The van der Waals surface area contributed by atoms with Gasteiger partial charge in [0.25, 0.3) is 0 Å². The highest BCUT2D eigenvalue weighted by Gasteiger charge is 2.22. The topological polar surface area (TPSA) is 70.2 Å². The Labute approximate surface area is 136 Å². The number of rotatable bonds is 6. The van der Waals surface area contributed by atoms with Crippen LogP contribution in [0.15, 0.2) is 48.7 Å². The molecule has 122 valence electrons. The maximum absolute atomic E-state index is 12.1. The van der Waals surface area contributed by atoms with Crippen LogP contribution in [-0.2, 0) is 6.54 Å². The third kappa shape index (κ3) is 6.04. The minimum Gasteiger partial charge on any atom is -0.332 e. The van der Waals surface area contributed by atoms with Gasteiger partial charge < -0.3 is 5.32 Å². The molecule has 0 fully saturated rings. The standard InChI is InChI=1S/C17H23N5O/c1-17(2,13-22(3)12-14-8-5-4-6-9-14)20-16(23)19-15-10-7-11-18-21-15/h4-11H,12-13H2,1-3H3,(H2,19,20,21,23). The first kappa shape index (κ1) is 16.9. The molecule has 1 aromatic carbocycles. The molecule has 0 aliphatic carbocycles. The van der Waals surface area contributed by atoms with Crippen molar-refractivity contribution in [3.05, 3.63) is 54.2 Å². The average Bonchev–Trinajstić information content (AvgIpc) is 2.47. The first-order valence-corrected chi connectivity index (χ1v) is 7.54. The highest BCUT2D eigenvalue weighted by Crippen LogP contribution is 2.09. The van der Waals surface area contributed by atoms with Gasteiger partial charge in [0.1, 0.15) is 0 Å². The minimum absolute atomic E-state index is 0.288. The Morgan fingerprint density at radius 2 is 1.91 bits per heavy atom. The van der Waals surface area contributed by atoms with Gasteiger partial charge in [-0.25, -0.2) is 4.79 Å². The molecule has 2 rings (SSSR count). The molecule has 0 atom stereocenters. The molecule has 0 bridgehead atoms. The molecule has 2 aromatic rings. The van der Waals surface area contributed by atoms with Crippen molar-refractivity contribution in [2.24, 2.45) is 0 Å². The number of nitrogens with one attached hydrogen (secondary N) is 2. The molecule has 2 N–H and O–H groups in total. The van der Waals surface area contributed by atoms with E-state index in [4.69, 9.17) is 0 Å². The average molecular weight is 313 g/mol. The Balaban J connectivity index is 1.84. The van der Waals surface area contributed by atoms with Crippen LogP contribution in [0.25, 0.3) is 0 Å². The second kappa shape index (κ2) is 7.69. The summed E-state index contributed by atoms with van der Waals surface area (Å²) in [5, 5.41) is 13.2. The third-order valence-corrected chi connectivity index (χ3v) is 3.23. The van der Waals surface area contributed by atoms with E-state index in [9.17, 15) is 4.79 Å². The maximum Gasteiger partial charge on any atom is 0.320 e. The Hall–Kier alpha value is -2.47. The lowest BCUT2D eigenvalue weighted by Gasteiger charge is -2.31. The highest BCUT2D eigenvalue weighted by molar-refractivity contribution is 5.88. The number of hydrogen-bond acceptors (Lipinski definition) is 4. The van der Waals surface area contributed by atoms with Gasteiger partial charge in [-0.1, -0.05) is 30.3 Å². The second-order valence-corrected chi connectivity index (χ2v) is 6.23. The van der Waals surface area contributed by atoms with E-state index >= 15 is 0 Å². The van der Waals surface area contributed by atoms with Gasteiger partial charge >= 0.3 is 6.03 Å². The summed E-state index contributed by atoms with van der Waals surface area (Å²) in [5.41, 5.74) is 0.866. The van der Waals surface area contributed by atoms with Crippen molar-refractivity contribution in [2.75, 3.05) is 18.9 Å². The zero-order chi connectivity index (χ0) is 16.7. The lowest BCUT2D eigenvalue weighted by Crippen LogP contribution is -2.51. The number of anilines is 1. The lowest BCUT2D eigenvalue weighted by atomic mass is 10.0. The van der Waals surface area contributed by atoms with Crippen LogP contribution in [0.2, 0.25) is 0 Å². The lowest BCUT2D eigenvalue weighted by molar-refractivity contribution is 0.215. The predicted octanol–water partition coefficient (Wildman–Crippen LogP) is 2.51. The van der Waals surface area contributed by atoms with Gasteiger partial charge in [0, 0.05) is 24.8 Å². The summed E-state index contributed by atoms with van der Waals surface area (Å²) >= 11 is 0. The molecule has 6 nitrogen and oxygen atoms in total. The molecule has 0 saturated heterocycles. The summed E-state index contributed by atoms with van der Waals surface area (Å²) in [7, 11) is 2.04. The van der Waals surface area contributed by atoms with Crippen LogP contribution in [0.1, 0.15) is 19.4 Å². The smallest absolute Gasteiger partial charge is 0.320 e.